The molecule has 0 aliphatic heterocycles. The molecule has 0 aliphatic carbocycles. The number of nitrogens with zero attached hydrogens (tertiary/aromatic N) is 1. The van der Waals surface area contributed by atoms with Crippen molar-refractivity contribution in [3.8, 4) is 0 Å². The zero-order valence-corrected chi connectivity index (χ0v) is 13.8. The molecule has 0 atom stereocenters. The predicted molar refractivity (Wildman–Crippen MR) is 87.0 cm³/mol. The van der Waals surface area contributed by atoms with Crippen molar-refractivity contribution in [2.75, 3.05) is 18.0 Å². The molecule has 0 bridgehead atoms. The molecular formula is C15H20Cl2N2O2. The van der Waals surface area contributed by atoms with E-state index < -0.39 is 0 Å². The number of rotatable bonds is 7. The third kappa shape index (κ3) is 5.56. The van der Waals surface area contributed by atoms with Gasteiger partial charge in [0.25, 0.3) is 0 Å². The highest BCUT2D eigenvalue weighted by atomic mass is 35.5. The van der Waals surface area contributed by atoms with Gasteiger partial charge in [0, 0.05) is 26.4 Å². The highest BCUT2D eigenvalue weighted by Crippen LogP contribution is 2.33. The molecule has 0 radical (unpaired) electrons. The van der Waals surface area contributed by atoms with Crippen LogP contribution >= 0.6 is 23.2 Å². The van der Waals surface area contributed by atoms with Crippen molar-refractivity contribution in [2.45, 2.75) is 33.1 Å². The van der Waals surface area contributed by atoms with Crippen molar-refractivity contribution in [3.63, 3.8) is 0 Å². The molecule has 116 valence electrons. The van der Waals surface area contributed by atoms with E-state index in [2.05, 4.69) is 12.2 Å². The molecule has 0 aromatic heterocycles. The number of benzene rings is 1. The molecule has 1 N–H and O–H groups in total. The average molecular weight is 331 g/mol. The van der Waals surface area contributed by atoms with Crippen LogP contribution in [0.25, 0.3) is 0 Å². The van der Waals surface area contributed by atoms with Crippen molar-refractivity contribution in [1.82, 2.24) is 5.32 Å². The first-order chi connectivity index (χ1) is 9.97. The summed E-state index contributed by atoms with van der Waals surface area (Å²) in [5, 5.41) is 3.60. The van der Waals surface area contributed by atoms with Crippen LogP contribution in [0, 0.1) is 0 Å². The zero-order chi connectivity index (χ0) is 15.8. The Labute approximate surface area is 135 Å². The minimum atomic E-state index is -0.202. The topological polar surface area (TPSA) is 49.4 Å². The molecule has 0 aliphatic rings. The molecule has 0 unspecified atom stereocenters. The lowest BCUT2D eigenvalue weighted by Crippen LogP contribution is -2.34. The lowest BCUT2D eigenvalue weighted by molar-refractivity contribution is -0.121. The Morgan fingerprint density at radius 1 is 1.24 bits per heavy atom. The van der Waals surface area contributed by atoms with Crippen LogP contribution in [0.2, 0.25) is 10.0 Å². The summed E-state index contributed by atoms with van der Waals surface area (Å²) < 4.78 is 0. The second-order valence-corrected chi connectivity index (χ2v) is 5.51. The van der Waals surface area contributed by atoms with Gasteiger partial charge in [0.15, 0.2) is 0 Å². The monoisotopic (exact) mass is 330 g/mol. The van der Waals surface area contributed by atoms with Crippen LogP contribution in [0.15, 0.2) is 18.2 Å². The number of para-hydroxylation sites is 1. The van der Waals surface area contributed by atoms with E-state index in [1.54, 1.807) is 18.2 Å². The largest absolute Gasteiger partial charge is 0.356 e. The molecule has 1 aromatic rings. The second-order valence-electron chi connectivity index (χ2n) is 4.69. The lowest BCUT2D eigenvalue weighted by Gasteiger charge is -2.23. The molecule has 0 saturated heterocycles. The van der Waals surface area contributed by atoms with Gasteiger partial charge in [-0.25, -0.2) is 0 Å². The van der Waals surface area contributed by atoms with Crippen LogP contribution in [0.3, 0.4) is 0 Å². The Bertz CT molecular complexity index is 486. The number of unbranched alkanes of at least 4 members (excludes halogenated alkanes) is 1. The van der Waals surface area contributed by atoms with Gasteiger partial charge in [0.1, 0.15) is 0 Å². The smallest absolute Gasteiger partial charge is 0.223 e. The first-order valence-electron chi connectivity index (χ1n) is 6.96. The van der Waals surface area contributed by atoms with Gasteiger partial charge in [-0.2, -0.15) is 0 Å². The number of nitrogens with one attached hydrogen (secondary N) is 1. The van der Waals surface area contributed by atoms with Crippen LogP contribution in [0.4, 0.5) is 5.69 Å². The fraction of sp³-hybridized carbons (Fsp3) is 0.467. The minimum absolute atomic E-state index is 0.0853. The van der Waals surface area contributed by atoms with Crippen molar-refractivity contribution in [2.24, 2.45) is 0 Å². The maximum absolute atomic E-state index is 11.8. The van der Waals surface area contributed by atoms with E-state index >= 15 is 0 Å². The van der Waals surface area contributed by atoms with Crippen LogP contribution in [-0.4, -0.2) is 24.9 Å². The van der Waals surface area contributed by atoms with E-state index in [-0.39, 0.29) is 24.8 Å². The molecule has 1 rings (SSSR count). The van der Waals surface area contributed by atoms with Crippen LogP contribution in [0.5, 0.6) is 0 Å². The molecule has 0 heterocycles. The van der Waals surface area contributed by atoms with E-state index in [0.717, 1.165) is 12.8 Å². The summed E-state index contributed by atoms with van der Waals surface area (Å²) >= 11 is 12.2. The second kappa shape index (κ2) is 8.90. The molecule has 2 amide bonds. The van der Waals surface area contributed by atoms with Gasteiger partial charge in [-0.3, -0.25) is 9.59 Å². The molecule has 6 heteroatoms. The van der Waals surface area contributed by atoms with Crippen LogP contribution in [-0.2, 0) is 9.59 Å². The molecular weight excluding hydrogens is 311 g/mol. The fourth-order valence-electron chi connectivity index (χ4n) is 1.88. The van der Waals surface area contributed by atoms with Crippen LogP contribution < -0.4 is 10.2 Å². The summed E-state index contributed by atoms with van der Waals surface area (Å²) in [7, 11) is 0. The van der Waals surface area contributed by atoms with E-state index in [9.17, 15) is 9.59 Å². The fourth-order valence-corrected chi connectivity index (χ4v) is 2.48. The Balaban J connectivity index is 2.71. The SMILES string of the molecule is CCCCNC(=O)CCN(C(C)=O)c1c(Cl)cccc1Cl. The third-order valence-electron chi connectivity index (χ3n) is 3.00. The third-order valence-corrected chi connectivity index (χ3v) is 3.61. The summed E-state index contributed by atoms with van der Waals surface area (Å²) in [6.07, 6.45) is 2.18. The first kappa shape index (κ1) is 17.8. The maximum atomic E-state index is 11.8. The number of anilines is 1. The van der Waals surface area contributed by atoms with Gasteiger partial charge >= 0.3 is 0 Å². The van der Waals surface area contributed by atoms with Gasteiger partial charge < -0.3 is 10.2 Å². The Kier molecular flexibility index (Phi) is 7.54. The molecule has 0 saturated carbocycles. The summed E-state index contributed by atoms with van der Waals surface area (Å²) in [5.41, 5.74) is 0.453. The van der Waals surface area contributed by atoms with E-state index in [1.165, 1.54) is 11.8 Å². The normalized spacial score (nSPS) is 10.3. The van der Waals surface area contributed by atoms with E-state index in [1.807, 2.05) is 0 Å². The number of carbonyl (C=O) groups excluding carboxylic acids is 2. The van der Waals surface area contributed by atoms with E-state index in [4.69, 9.17) is 23.2 Å². The van der Waals surface area contributed by atoms with Crippen molar-refractivity contribution < 1.29 is 9.59 Å². The van der Waals surface area contributed by atoms with Gasteiger partial charge in [-0.05, 0) is 18.6 Å². The number of halogens is 2. The lowest BCUT2D eigenvalue weighted by atomic mass is 10.2. The first-order valence-corrected chi connectivity index (χ1v) is 7.71. The summed E-state index contributed by atoms with van der Waals surface area (Å²) in [6, 6.07) is 5.05. The summed E-state index contributed by atoms with van der Waals surface area (Å²) in [5.74, 6) is -0.288. The maximum Gasteiger partial charge on any atom is 0.223 e. The highest BCUT2D eigenvalue weighted by molar-refractivity contribution is 6.39. The van der Waals surface area contributed by atoms with Gasteiger partial charge in [-0.1, -0.05) is 42.6 Å². The standard InChI is InChI=1S/C15H20Cl2N2O2/c1-3-4-9-18-14(21)8-10-19(11(2)20)15-12(16)6-5-7-13(15)17/h5-7H,3-4,8-10H2,1-2H3,(H,18,21). The molecule has 4 nitrogen and oxygen atoms in total. The van der Waals surface area contributed by atoms with Gasteiger partial charge in [0.2, 0.25) is 11.8 Å². The van der Waals surface area contributed by atoms with Gasteiger partial charge in [-0.15, -0.1) is 0 Å². The van der Waals surface area contributed by atoms with Gasteiger partial charge in [0.05, 0.1) is 15.7 Å². The molecule has 21 heavy (non-hydrogen) atoms. The predicted octanol–water partition coefficient (Wildman–Crippen LogP) is 3.65. The van der Waals surface area contributed by atoms with Crippen molar-refractivity contribution in [3.05, 3.63) is 28.2 Å². The Morgan fingerprint density at radius 2 is 1.86 bits per heavy atom. The van der Waals surface area contributed by atoms with Crippen molar-refractivity contribution in [1.29, 1.82) is 0 Å². The Morgan fingerprint density at radius 3 is 2.38 bits per heavy atom. The summed E-state index contributed by atoms with van der Waals surface area (Å²) in [6.45, 7) is 4.39. The van der Waals surface area contributed by atoms with E-state index in [0.29, 0.717) is 22.3 Å². The molecule has 0 fully saturated rings. The molecule has 1 aromatic carbocycles. The van der Waals surface area contributed by atoms with Crippen LogP contribution in [0.1, 0.15) is 33.1 Å². The summed E-state index contributed by atoms with van der Waals surface area (Å²) in [4.78, 5) is 25.0. The highest BCUT2D eigenvalue weighted by Gasteiger charge is 2.18. The number of amides is 2. The Hall–Kier alpha value is -1.26. The number of hydrogen-bond donors (Lipinski definition) is 1. The van der Waals surface area contributed by atoms with Crippen molar-refractivity contribution >= 4 is 40.7 Å². The average Bonchev–Trinajstić information content (AvgIpc) is 2.41. The molecule has 0 spiro atoms. The number of hydrogen-bond acceptors (Lipinski definition) is 2. The quantitative estimate of drug-likeness (QED) is 0.775. The number of carbonyl (C=O) groups is 2. The minimum Gasteiger partial charge on any atom is -0.356 e. The zero-order valence-electron chi connectivity index (χ0n) is 12.3.